The molecule has 0 bridgehead atoms. The van der Waals surface area contributed by atoms with E-state index in [1.165, 1.54) is 5.56 Å². The molecule has 2 aromatic carbocycles. The maximum absolute atomic E-state index is 12.5. The maximum Gasteiger partial charge on any atom is 0.256 e. The van der Waals surface area contributed by atoms with Gasteiger partial charge >= 0.3 is 0 Å². The predicted octanol–water partition coefficient (Wildman–Crippen LogP) is 5.06. The second-order valence-corrected chi connectivity index (χ2v) is 6.18. The lowest BCUT2D eigenvalue weighted by atomic mass is 10.1. The summed E-state index contributed by atoms with van der Waals surface area (Å²) in [6, 6.07) is 13.8. The zero-order chi connectivity index (χ0) is 15.2. The number of nitrogens with one attached hydrogen (secondary N) is 1. The van der Waals surface area contributed by atoms with E-state index in [1.807, 2.05) is 43.3 Å². The molecule has 1 amide bonds. The van der Waals surface area contributed by atoms with Gasteiger partial charge in [-0.25, -0.2) is 0 Å². The Morgan fingerprint density at radius 2 is 1.86 bits per heavy atom. The van der Waals surface area contributed by atoms with Crippen LogP contribution in [0.3, 0.4) is 0 Å². The molecule has 0 heterocycles. The van der Waals surface area contributed by atoms with Gasteiger partial charge in [-0.3, -0.25) is 4.79 Å². The molecule has 0 radical (unpaired) electrons. The summed E-state index contributed by atoms with van der Waals surface area (Å²) in [7, 11) is 0. The van der Waals surface area contributed by atoms with Crippen LogP contribution < -0.4 is 5.32 Å². The number of amides is 1. The molecule has 0 aliphatic heterocycles. The lowest BCUT2D eigenvalue weighted by Crippen LogP contribution is -2.14. The van der Waals surface area contributed by atoms with Gasteiger partial charge in [0.05, 0.1) is 5.56 Å². The molecule has 0 aliphatic carbocycles. The van der Waals surface area contributed by atoms with Crippen molar-refractivity contribution in [1.82, 2.24) is 0 Å². The van der Waals surface area contributed by atoms with Crippen molar-refractivity contribution in [2.75, 3.05) is 11.1 Å². The SMILES string of the molecule is CCCSc1ccccc1C(=O)Nc1cccc(C)c1C. The molecule has 0 saturated carbocycles. The van der Waals surface area contributed by atoms with Crippen molar-refractivity contribution in [3.63, 3.8) is 0 Å². The lowest BCUT2D eigenvalue weighted by molar-refractivity contribution is 0.102. The van der Waals surface area contributed by atoms with Crippen LogP contribution in [-0.4, -0.2) is 11.7 Å². The van der Waals surface area contributed by atoms with E-state index in [1.54, 1.807) is 11.8 Å². The molecule has 0 atom stereocenters. The van der Waals surface area contributed by atoms with E-state index in [0.29, 0.717) is 0 Å². The monoisotopic (exact) mass is 299 g/mol. The summed E-state index contributed by atoms with van der Waals surface area (Å²) >= 11 is 1.73. The zero-order valence-corrected chi connectivity index (χ0v) is 13.6. The largest absolute Gasteiger partial charge is 0.322 e. The van der Waals surface area contributed by atoms with E-state index in [4.69, 9.17) is 0 Å². The summed E-state index contributed by atoms with van der Waals surface area (Å²) in [5.74, 6) is 0.983. The average Bonchev–Trinajstić information content (AvgIpc) is 2.50. The molecule has 2 aromatic rings. The highest BCUT2D eigenvalue weighted by Crippen LogP contribution is 2.25. The number of carbonyl (C=O) groups is 1. The van der Waals surface area contributed by atoms with Gasteiger partial charge in [0.2, 0.25) is 0 Å². The number of benzene rings is 2. The molecule has 21 heavy (non-hydrogen) atoms. The Morgan fingerprint density at radius 3 is 2.62 bits per heavy atom. The Kier molecular flexibility index (Phi) is 5.45. The number of rotatable bonds is 5. The highest BCUT2D eigenvalue weighted by molar-refractivity contribution is 7.99. The first-order valence-corrected chi connectivity index (χ1v) is 8.21. The van der Waals surface area contributed by atoms with Gasteiger partial charge in [-0.15, -0.1) is 11.8 Å². The van der Waals surface area contributed by atoms with Crippen LogP contribution in [0.4, 0.5) is 5.69 Å². The summed E-state index contributed by atoms with van der Waals surface area (Å²) in [4.78, 5) is 13.6. The van der Waals surface area contributed by atoms with Gasteiger partial charge in [-0.05, 0) is 55.3 Å². The molecule has 0 saturated heterocycles. The topological polar surface area (TPSA) is 29.1 Å². The van der Waals surface area contributed by atoms with Crippen LogP contribution in [-0.2, 0) is 0 Å². The second kappa shape index (κ2) is 7.32. The molecule has 2 nitrogen and oxygen atoms in total. The fourth-order valence-electron chi connectivity index (χ4n) is 2.07. The number of thioether (sulfide) groups is 1. The third-order valence-corrected chi connectivity index (χ3v) is 4.73. The smallest absolute Gasteiger partial charge is 0.256 e. The van der Waals surface area contributed by atoms with E-state index < -0.39 is 0 Å². The van der Waals surface area contributed by atoms with Gasteiger partial charge in [0, 0.05) is 10.6 Å². The summed E-state index contributed by atoms with van der Waals surface area (Å²) in [5, 5.41) is 3.03. The minimum Gasteiger partial charge on any atom is -0.322 e. The van der Waals surface area contributed by atoms with Crippen molar-refractivity contribution in [1.29, 1.82) is 0 Å². The number of anilines is 1. The van der Waals surface area contributed by atoms with Crippen LogP contribution in [0.1, 0.15) is 34.8 Å². The van der Waals surface area contributed by atoms with Gasteiger partial charge in [-0.2, -0.15) is 0 Å². The van der Waals surface area contributed by atoms with Crippen LogP contribution in [0.15, 0.2) is 47.4 Å². The maximum atomic E-state index is 12.5. The van der Waals surface area contributed by atoms with Gasteiger partial charge in [0.25, 0.3) is 5.91 Å². The summed E-state index contributed by atoms with van der Waals surface area (Å²) < 4.78 is 0. The Morgan fingerprint density at radius 1 is 1.10 bits per heavy atom. The van der Waals surface area contributed by atoms with E-state index in [-0.39, 0.29) is 5.91 Å². The molecule has 0 spiro atoms. The second-order valence-electron chi connectivity index (χ2n) is 5.05. The molecule has 3 heteroatoms. The molecule has 0 fully saturated rings. The summed E-state index contributed by atoms with van der Waals surface area (Å²) in [6.45, 7) is 6.23. The first kappa shape index (κ1) is 15.6. The number of hydrogen-bond acceptors (Lipinski definition) is 2. The lowest BCUT2D eigenvalue weighted by Gasteiger charge is -2.12. The molecule has 110 valence electrons. The summed E-state index contributed by atoms with van der Waals surface area (Å²) in [6.07, 6.45) is 1.09. The van der Waals surface area contributed by atoms with E-state index in [2.05, 4.69) is 25.2 Å². The average molecular weight is 299 g/mol. The van der Waals surface area contributed by atoms with Crippen molar-refractivity contribution >= 4 is 23.4 Å². The fraction of sp³-hybridized carbons (Fsp3) is 0.278. The quantitative estimate of drug-likeness (QED) is 0.782. The normalized spacial score (nSPS) is 10.4. The fourth-order valence-corrected chi connectivity index (χ4v) is 2.98. The van der Waals surface area contributed by atoms with Crippen LogP contribution in [0, 0.1) is 13.8 Å². The number of carbonyl (C=O) groups excluding carboxylic acids is 1. The van der Waals surface area contributed by atoms with Crippen molar-refractivity contribution < 1.29 is 4.79 Å². The standard InChI is InChI=1S/C18H21NOS/c1-4-12-21-17-11-6-5-9-15(17)18(20)19-16-10-7-8-13(2)14(16)3/h5-11H,4,12H2,1-3H3,(H,19,20). The predicted molar refractivity (Wildman–Crippen MR) is 91.3 cm³/mol. The third-order valence-electron chi connectivity index (χ3n) is 3.45. The van der Waals surface area contributed by atoms with Crippen LogP contribution in [0.25, 0.3) is 0 Å². The molecule has 1 N–H and O–H groups in total. The molecule has 0 unspecified atom stereocenters. The van der Waals surface area contributed by atoms with Gasteiger partial charge in [0.15, 0.2) is 0 Å². The van der Waals surface area contributed by atoms with Crippen molar-refractivity contribution in [3.05, 3.63) is 59.2 Å². The first-order chi connectivity index (χ1) is 10.1. The van der Waals surface area contributed by atoms with Crippen molar-refractivity contribution in [3.8, 4) is 0 Å². The van der Waals surface area contributed by atoms with Crippen LogP contribution >= 0.6 is 11.8 Å². The number of aryl methyl sites for hydroxylation is 1. The van der Waals surface area contributed by atoms with E-state index in [0.717, 1.165) is 33.9 Å². The minimum absolute atomic E-state index is 0.0390. The Bertz CT molecular complexity index is 637. The molecule has 0 aliphatic rings. The summed E-state index contributed by atoms with van der Waals surface area (Å²) in [5.41, 5.74) is 3.93. The van der Waals surface area contributed by atoms with E-state index in [9.17, 15) is 4.79 Å². The van der Waals surface area contributed by atoms with E-state index >= 15 is 0 Å². The van der Waals surface area contributed by atoms with Crippen LogP contribution in [0.2, 0.25) is 0 Å². The zero-order valence-electron chi connectivity index (χ0n) is 12.8. The third kappa shape index (κ3) is 3.88. The molecule has 2 rings (SSSR count). The highest BCUT2D eigenvalue weighted by Gasteiger charge is 2.12. The minimum atomic E-state index is -0.0390. The Labute approximate surface area is 131 Å². The van der Waals surface area contributed by atoms with Crippen molar-refractivity contribution in [2.45, 2.75) is 32.1 Å². The molecule has 0 aromatic heterocycles. The molecular weight excluding hydrogens is 278 g/mol. The van der Waals surface area contributed by atoms with Crippen molar-refractivity contribution in [2.24, 2.45) is 0 Å². The van der Waals surface area contributed by atoms with Gasteiger partial charge in [0.1, 0.15) is 0 Å². The first-order valence-electron chi connectivity index (χ1n) is 7.23. The highest BCUT2D eigenvalue weighted by atomic mass is 32.2. The Hall–Kier alpha value is -1.74. The number of hydrogen-bond donors (Lipinski definition) is 1. The molecular formula is C18H21NOS. The van der Waals surface area contributed by atoms with Gasteiger partial charge < -0.3 is 5.32 Å². The Balaban J connectivity index is 2.22. The van der Waals surface area contributed by atoms with Crippen LogP contribution in [0.5, 0.6) is 0 Å². The van der Waals surface area contributed by atoms with Gasteiger partial charge in [-0.1, -0.05) is 31.2 Å².